The lowest BCUT2D eigenvalue weighted by atomic mass is 9.98. The van der Waals surface area contributed by atoms with Gasteiger partial charge in [0.2, 0.25) is 6.79 Å². The molecule has 0 N–H and O–H groups in total. The molecule has 0 saturated heterocycles. The molecular formula is C18H17NO4. The molecule has 5 nitrogen and oxygen atoms in total. The van der Waals surface area contributed by atoms with Crippen LogP contribution >= 0.6 is 0 Å². The van der Waals surface area contributed by atoms with E-state index in [1.54, 1.807) is 13.2 Å². The highest BCUT2D eigenvalue weighted by Crippen LogP contribution is 2.37. The molecule has 4 rings (SSSR count). The number of carbonyl (C=O) groups is 1. The van der Waals surface area contributed by atoms with Gasteiger partial charge in [-0.25, -0.2) is 0 Å². The van der Waals surface area contributed by atoms with Gasteiger partial charge in [-0.05, 0) is 41.8 Å². The molecule has 0 atom stereocenters. The van der Waals surface area contributed by atoms with Crippen LogP contribution in [0.1, 0.15) is 21.5 Å². The van der Waals surface area contributed by atoms with Crippen LogP contribution in [0, 0.1) is 0 Å². The van der Waals surface area contributed by atoms with E-state index in [0.29, 0.717) is 24.4 Å². The van der Waals surface area contributed by atoms with E-state index in [0.717, 1.165) is 23.5 Å². The maximum Gasteiger partial charge on any atom is 0.257 e. The first-order chi connectivity index (χ1) is 11.3. The van der Waals surface area contributed by atoms with Gasteiger partial charge in [0, 0.05) is 13.1 Å². The smallest absolute Gasteiger partial charge is 0.257 e. The Morgan fingerprint density at radius 2 is 1.87 bits per heavy atom. The van der Waals surface area contributed by atoms with Gasteiger partial charge in [0.25, 0.3) is 5.91 Å². The van der Waals surface area contributed by atoms with Gasteiger partial charge >= 0.3 is 0 Å². The molecule has 2 heterocycles. The van der Waals surface area contributed by atoms with Gasteiger partial charge in [-0.1, -0.05) is 12.1 Å². The van der Waals surface area contributed by atoms with Gasteiger partial charge in [0.15, 0.2) is 11.5 Å². The zero-order valence-corrected chi connectivity index (χ0v) is 12.9. The molecule has 2 aromatic carbocycles. The van der Waals surface area contributed by atoms with Gasteiger partial charge in [-0.2, -0.15) is 0 Å². The number of hydrogen-bond acceptors (Lipinski definition) is 4. The molecule has 1 amide bonds. The van der Waals surface area contributed by atoms with Crippen LogP contribution < -0.4 is 14.2 Å². The number of nitrogens with zero attached hydrogens (tertiary/aromatic N) is 1. The molecule has 0 unspecified atom stereocenters. The minimum Gasteiger partial charge on any atom is -0.496 e. The fraction of sp³-hybridized carbons (Fsp3) is 0.278. The molecule has 0 aromatic heterocycles. The molecule has 118 valence electrons. The number of methoxy groups -OCH3 is 1. The quantitative estimate of drug-likeness (QED) is 0.855. The van der Waals surface area contributed by atoms with Crippen molar-refractivity contribution in [2.24, 2.45) is 0 Å². The number of para-hydroxylation sites is 1. The number of hydrogen-bond donors (Lipinski definition) is 0. The van der Waals surface area contributed by atoms with Crippen molar-refractivity contribution in [2.75, 3.05) is 20.4 Å². The second-order valence-corrected chi connectivity index (χ2v) is 5.65. The minimum absolute atomic E-state index is 0.00855. The van der Waals surface area contributed by atoms with Crippen molar-refractivity contribution >= 4 is 5.91 Å². The van der Waals surface area contributed by atoms with Crippen LogP contribution in [0.15, 0.2) is 36.4 Å². The summed E-state index contributed by atoms with van der Waals surface area (Å²) in [6.45, 7) is 1.52. The Kier molecular flexibility index (Phi) is 3.33. The van der Waals surface area contributed by atoms with Crippen molar-refractivity contribution in [1.29, 1.82) is 0 Å². The summed E-state index contributed by atoms with van der Waals surface area (Å²) in [6.07, 6.45) is 0.812. The molecular weight excluding hydrogens is 294 g/mol. The highest BCUT2D eigenvalue weighted by atomic mass is 16.7. The summed E-state index contributed by atoms with van der Waals surface area (Å²) >= 11 is 0. The van der Waals surface area contributed by atoms with E-state index in [-0.39, 0.29) is 12.7 Å². The summed E-state index contributed by atoms with van der Waals surface area (Å²) in [7, 11) is 1.58. The normalized spacial score (nSPS) is 15.3. The van der Waals surface area contributed by atoms with Crippen molar-refractivity contribution in [2.45, 2.75) is 13.0 Å². The number of benzene rings is 2. The van der Waals surface area contributed by atoms with E-state index in [9.17, 15) is 4.79 Å². The van der Waals surface area contributed by atoms with E-state index in [2.05, 4.69) is 0 Å². The fourth-order valence-electron chi connectivity index (χ4n) is 3.11. The predicted molar refractivity (Wildman–Crippen MR) is 84.0 cm³/mol. The minimum atomic E-state index is -0.00855. The van der Waals surface area contributed by atoms with E-state index in [1.165, 1.54) is 5.56 Å². The first-order valence-electron chi connectivity index (χ1n) is 7.60. The summed E-state index contributed by atoms with van der Waals surface area (Å²) in [5.74, 6) is 2.16. The van der Waals surface area contributed by atoms with Gasteiger partial charge in [0.05, 0.1) is 12.7 Å². The zero-order valence-electron chi connectivity index (χ0n) is 12.9. The average molecular weight is 311 g/mol. The summed E-state index contributed by atoms with van der Waals surface area (Å²) in [6, 6.07) is 11.3. The molecule has 2 aliphatic heterocycles. The monoisotopic (exact) mass is 311 g/mol. The molecule has 0 aliphatic carbocycles. The third-order valence-corrected chi connectivity index (χ3v) is 4.33. The highest BCUT2D eigenvalue weighted by molar-refractivity contribution is 5.97. The van der Waals surface area contributed by atoms with E-state index in [4.69, 9.17) is 14.2 Å². The van der Waals surface area contributed by atoms with Crippen LogP contribution in [0.4, 0.5) is 0 Å². The largest absolute Gasteiger partial charge is 0.496 e. The van der Waals surface area contributed by atoms with Crippen molar-refractivity contribution in [1.82, 2.24) is 4.90 Å². The van der Waals surface area contributed by atoms with Crippen molar-refractivity contribution < 1.29 is 19.0 Å². The van der Waals surface area contributed by atoms with Gasteiger partial charge < -0.3 is 19.1 Å². The molecule has 0 bridgehead atoms. The number of carbonyl (C=O) groups excluding carboxylic acids is 1. The molecule has 5 heteroatoms. The van der Waals surface area contributed by atoms with Gasteiger partial charge in [0.1, 0.15) is 5.75 Å². The van der Waals surface area contributed by atoms with Crippen LogP contribution in [0.25, 0.3) is 0 Å². The van der Waals surface area contributed by atoms with Crippen LogP contribution in [-0.2, 0) is 13.0 Å². The van der Waals surface area contributed by atoms with Crippen LogP contribution in [0.2, 0.25) is 0 Å². The van der Waals surface area contributed by atoms with E-state index >= 15 is 0 Å². The average Bonchev–Trinajstić information content (AvgIpc) is 3.05. The lowest BCUT2D eigenvalue weighted by molar-refractivity contribution is 0.0731. The maximum atomic E-state index is 12.8. The van der Waals surface area contributed by atoms with E-state index in [1.807, 2.05) is 35.2 Å². The third-order valence-electron chi connectivity index (χ3n) is 4.33. The standard InChI is InChI=1S/C18H17NO4/c1-21-15-5-3-2-4-14(15)18(20)19-7-6-12-8-16-17(23-11-22-16)9-13(12)10-19/h2-5,8-9H,6-7,10-11H2,1H3. The summed E-state index contributed by atoms with van der Waals surface area (Å²) < 4.78 is 16.2. The Morgan fingerprint density at radius 3 is 2.65 bits per heavy atom. The highest BCUT2D eigenvalue weighted by Gasteiger charge is 2.26. The summed E-state index contributed by atoms with van der Waals surface area (Å²) in [4.78, 5) is 14.7. The lowest BCUT2D eigenvalue weighted by Crippen LogP contribution is -2.36. The molecule has 2 aromatic rings. The topological polar surface area (TPSA) is 48.0 Å². The molecule has 0 spiro atoms. The molecule has 23 heavy (non-hydrogen) atoms. The number of rotatable bonds is 2. The lowest BCUT2D eigenvalue weighted by Gasteiger charge is -2.29. The SMILES string of the molecule is COc1ccccc1C(=O)N1CCc2cc3c(cc2C1)OCO3. The van der Waals surface area contributed by atoms with Crippen molar-refractivity contribution in [3.63, 3.8) is 0 Å². The Bertz CT molecular complexity index is 772. The molecule has 2 aliphatic rings. The van der Waals surface area contributed by atoms with Gasteiger partial charge in [-0.3, -0.25) is 4.79 Å². The number of amides is 1. The van der Waals surface area contributed by atoms with Crippen LogP contribution in [0.5, 0.6) is 17.2 Å². The fourth-order valence-corrected chi connectivity index (χ4v) is 3.11. The Balaban J connectivity index is 1.61. The van der Waals surface area contributed by atoms with Crippen LogP contribution in [0.3, 0.4) is 0 Å². The summed E-state index contributed by atoms with van der Waals surface area (Å²) in [5, 5.41) is 0. The summed E-state index contributed by atoms with van der Waals surface area (Å²) in [5.41, 5.74) is 2.93. The Labute approximate surface area is 134 Å². The zero-order chi connectivity index (χ0) is 15.8. The van der Waals surface area contributed by atoms with Crippen LogP contribution in [-0.4, -0.2) is 31.3 Å². The predicted octanol–water partition coefficient (Wildman–Crippen LogP) is 2.62. The third kappa shape index (κ3) is 2.38. The number of fused-ring (bicyclic) bond motifs is 2. The number of ether oxygens (including phenoxy) is 3. The first kappa shape index (κ1) is 13.9. The second kappa shape index (κ2) is 5.50. The second-order valence-electron chi connectivity index (χ2n) is 5.65. The van der Waals surface area contributed by atoms with Gasteiger partial charge in [-0.15, -0.1) is 0 Å². The Morgan fingerprint density at radius 1 is 1.13 bits per heavy atom. The maximum absolute atomic E-state index is 12.8. The molecule has 0 radical (unpaired) electrons. The Hall–Kier alpha value is -2.69. The van der Waals surface area contributed by atoms with Crippen molar-refractivity contribution in [3.05, 3.63) is 53.1 Å². The molecule has 0 saturated carbocycles. The molecule has 0 fully saturated rings. The van der Waals surface area contributed by atoms with E-state index < -0.39 is 0 Å². The van der Waals surface area contributed by atoms with Crippen molar-refractivity contribution in [3.8, 4) is 17.2 Å². The first-order valence-corrected chi connectivity index (χ1v) is 7.60.